The molecular formula is C18H21Cl2N3O5S. The quantitative estimate of drug-likeness (QED) is 0.691. The highest BCUT2D eigenvalue weighted by molar-refractivity contribution is 7.89. The zero-order chi connectivity index (χ0) is 21.2. The number of piperidine rings is 1. The fourth-order valence-electron chi connectivity index (χ4n) is 3.36. The van der Waals surface area contributed by atoms with Gasteiger partial charge in [0.25, 0.3) is 10.0 Å². The van der Waals surface area contributed by atoms with E-state index in [9.17, 15) is 23.1 Å². The largest absolute Gasteiger partial charge is 0.396 e. The summed E-state index contributed by atoms with van der Waals surface area (Å²) in [6, 6.07) is 2.64. The summed E-state index contributed by atoms with van der Waals surface area (Å²) in [7, 11) is -4.13. The molecule has 1 atom stereocenters. The monoisotopic (exact) mass is 461 g/mol. The molecule has 0 spiro atoms. The summed E-state index contributed by atoms with van der Waals surface area (Å²) in [6.07, 6.45) is 3.48. The van der Waals surface area contributed by atoms with Gasteiger partial charge in [0.05, 0.1) is 21.4 Å². The van der Waals surface area contributed by atoms with E-state index in [1.807, 2.05) is 0 Å². The molecule has 8 nitrogen and oxygen atoms in total. The standard InChI is InChI=1S/C18H21Cl2N3O5S/c19-14-2-1-13(9-15(14)20)29(27,28)23-8-5-21-18(26)16(23)10-17(25)22-6-3-12(11-24)4-7-22/h1-2,5,8-9,12,16,24H,3-4,6-7,10-11H2,(H,21,26)/t16-/m1/s1. The Labute approximate surface area is 179 Å². The third kappa shape index (κ3) is 4.69. The molecule has 2 N–H and O–H groups in total. The number of aliphatic hydroxyl groups is 1. The van der Waals surface area contributed by atoms with Crippen molar-refractivity contribution < 1.29 is 23.1 Å². The number of nitrogens with one attached hydrogen (secondary N) is 1. The number of nitrogens with zero attached hydrogens (tertiary/aromatic N) is 2. The molecule has 0 bridgehead atoms. The fourth-order valence-corrected chi connectivity index (χ4v) is 5.20. The maximum Gasteiger partial charge on any atom is 0.264 e. The van der Waals surface area contributed by atoms with E-state index in [0.29, 0.717) is 25.9 Å². The van der Waals surface area contributed by atoms with Crippen molar-refractivity contribution in [2.45, 2.75) is 30.2 Å². The first-order valence-corrected chi connectivity index (χ1v) is 11.3. The van der Waals surface area contributed by atoms with Crippen LogP contribution in [0, 0.1) is 5.92 Å². The van der Waals surface area contributed by atoms with Crippen LogP contribution in [0.15, 0.2) is 35.5 Å². The molecule has 2 aliphatic rings. The van der Waals surface area contributed by atoms with Gasteiger partial charge < -0.3 is 15.3 Å². The molecule has 1 saturated heterocycles. The van der Waals surface area contributed by atoms with Gasteiger partial charge in [0, 0.05) is 32.1 Å². The number of likely N-dealkylation sites (tertiary alicyclic amines) is 1. The summed E-state index contributed by atoms with van der Waals surface area (Å²) >= 11 is 11.8. The number of carbonyl (C=O) groups is 2. The third-order valence-electron chi connectivity index (χ3n) is 5.12. The molecule has 3 rings (SSSR count). The van der Waals surface area contributed by atoms with Gasteiger partial charge >= 0.3 is 0 Å². The summed E-state index contributed by atoms with van der Waals surface area (Å²) < 4.78 is 27.1. The minimum atomic E-state index is -4.13. The Hall–Kier alpha value is -1.81. The van der Waals surface area contributed by atoms with Gasteiger partial charge in [-0.1, -0.05) is 23.2 Å². The summed E-state index contributed by atoms with van der Waals surface area (Å²) in [5, 5.41) is 12.0. The van der Waals surface area contributed by atoms with Crippen molar-refractivity contribution in [3.63, 3.8) is 0 Å². The van der Waals surface area contributed by atoms with E-state index in [-0.39, 0.29) is 39.8 Å². The van der Waals surface area contributed by atoms with Crippen LogP contribution < -0.4 is 5.32 Å². The molecule has 2 heterocycles. The second-order valence-corrected chi connectivity index (χ2v) is 9.62. The van der Waals surface area contributed by atoms with E-state index in [1.54, 1.807) is 4.90 Å². The number of hydrogen-bond acceptors (Lipinski definition) is 5. The number of rotatable bonds is 5. The topological polar surface area (TPSA) is 107 Å². The van der Waals surface area contributed by atoms with Gasteiger partial charge in [-0.15, -0.1) is 0 Å². The second-order valence-electron chi connectivity index (χ2n) is 6.96. The zero-order valence-electron chi connectivity index (χ0n) is 15.4. The van der Waals surface area contributed by atoms with Crippen molar-refractivity contribution >= 4 is 45.0 Å². The third-order valence-corrected chi connectivity index (χ3v) is 7.64. The molecule has 158 valence electrons. The maximum atomic E-state index is 13.1. The van der Waals surface area contributed by atoms with Crippen LogP contribution in [-0.2, 0) is 19.6 Å². The van der Waals surface area contributed by atoms with Crippen molar-refractivity contribution in [2.75, 3.05) is 19.7 Å². The van der Waals surface area contributed by atoms with Crippen LogP contribution in [0.4, 0.5) is 0 Å². The van der Waals surface area contributed by atoms with Gasteiger partial charge in [-0.05, 0) is 37.0 Å². The van der Waals surface area contributed by atoms with Gasteiger partial charge in [-0.25, -0.2) is 8.42 Å². The highest BCUT2D eigenvalue weighted by Gasteiger charge is 2.38. The van der Waals surface area contributed by atoms with Crippen LogP contribution in [0.2, 0.25) is 10.0 Å². The van der Waals surface area contributed by atoms with Crippen LogP contribution in [0.25, 0.3) is 0 Å². The van der Waals surface area contributed by atoms with E-state index >= 15 is 0 Å². The number of amides is 2. The number of halogens is 2. The Morgan fingerprint density at radius 3 is 2.52 bits per heavy atom. The van der Waals surface area contributed by atoms with Crippen molar-refractivity contribution in [1.29, 1.82) is 0 Å². The lowest BCUT2D eigenvalue weighted by atomic mass is 9.97. The maximum absolute atomic E-state index is 13.1. The minimum absolute atomic E-state index is 0.0672. The van der Waals surface area contributed by atoms with E-state index in [0.717, 1.165) is 4.31 Å². The Morgan fingerprint density at radius 2 is 1.90 bits per heavy atom. The molecule has 11 heteroatoms. The Bertz CT molecular complexity index is 929. The molecule has 2 amide bonds. The second kappa shape index (κ2) is 8.91. The Balaban J connectivity index is 1.81. The molecule has 0 unspecified atom stereocenters. The number of sulfonamides is 1. The summed E-state index contributed by atoms with van der Waals surface area (Å²) in [5.41, 5.74) is 0. The average Bonchev–Trinajstić information content (AvgIpc) is 2.71. The Morgan fingerprint density at radius 1 is 1.21 bits per heavy atom. The van der Waals surface area contributed by atoms with Gasteiger partial charge in [0.15, 0.2) is 0 Å². The minimum Gasteiger partial charge on any atom is -0.396 e. The molecule has 0 aromatic heterocycles. The summed E-state index contributed by atoms with van der Waals surface area (Å²) in [5.74, 6) is -0.743. The molecule has 29 heavy (non-hydrogen) atoms. The van der Waals surface area contributed by atoms with Crippen molar-refractivity contribution in [3.8, 4) is 0 Å². The molecule has 0 radical (unpaired) electrons. The number of hydrogen-bond donors (Lipinski definition) is 2. The van der Waals surface area contributed by atoms with Gasteiger partial charge in [-0.3, -0.25) is 13.9 Å². The predicted octanol–water partition coefficient (Wildman–Crippen LogP) is 1.57. The smallest absolute Gasteiger partial charge is 0.264 e. The van der Waals surface area contributed by atoms with E-state index in [1.165, 1.54) is 30.6 Å². The van der Waals surface area contributed by atoms with E-state index < -0.39 is 22.0 Å². The molecule has 0 saturated carbocycles. The first-order chi connectivity index (χ1) is 13.7. The SMILES string of the molecule is O=C1NC=CN(S(=O)(=O)c2ccc(Cl)c(Cl)c2)[C@@H]1CC(=O)N1CCC(CO)CC1. The zero-order valence-corrected chi connectivity index (χ0v) is 17.8. The lowest BCUT2D eigenvalue weighted by molar-refractivity contribution is -0.137. The molecule has 2 aliphatic heterocycles. The highest BCUT2D eigenvalue weighted by Crippen LogP contribution is 2.29. The van der Waals surface area contributed by atoms with Crippen LogP contribution in [-0.4, -0.2) is 60.3 Å². The van der Waals surface area contributed by atoms with Crippen molar-refractivity contribution in [1.82, 2.24) is 14.5 Å². The molecular weight excluding hydrogens is 441 g/mol. The van der Waals surface area contributed by atoms with Crippen molar-refractivity contribution in [3.05, 3.63) is 40.6 Å². The molecule has 1 aromatic carbocycles. The Kier molecular flexibility index (Phi) is 6.72. The van der Waals surface area contributed by atoms with Gasteiger partial charge in [-0.2, -0.15) is 0 Å². The number of carbonyl (C=O) groups excluding carboxylic acids is 2. The van der Waals surface area contributed by atoms with E-state index in [4.69, 9.17) is 23.2 Å². The van der Waals surface area contributed by atoms with Crippen LogP contribution in [0.5, 0.6) is 0 Å². The highest BCUT2D eigenvalue weighted by atomic mass is 35.5. The van der Waals surface area contributed by atoms with Gasteiger partial charge in [0.1, 0.15) is 6.04 Å². The summed E-state index contributed by atoms with van der Waals surface area (Å²) in [6.45, 7) is 1.01. The molecule has 0 aliphatic carbocycles. The molecule has 1 fully saturated rings. The number of aliphatic hydroxyl groups excluding tert-OH is 1. The van der Waals surface area contributed by atoms with Crippen LogP contribution in [0.3, 0.4) is 0 Å². The predicted molar refractivity (Wildman–Crippen MR) is 108 cm³/mol. The normalized spacial score (nSPS) is 20.7. The fraction of sp³-hybridized carbons (Fsp3) is 0.444. The van der Waals surface area contributed by atoms with Crippen molar-refractivity contribution in [2.24, 2.45) is 5.92 Å². The van der Waals surface area contributed by atoms with Crippen LogP contribution in [0.1, 0.15) is 19.3 Å². The first-order valence-electron chi connectivity index (χ1n) is 9.08. The van der Waals surface area contributed by atoms with Gasteiger partial charge in [0.2, 0.25) is 11.8 Å². The lowest BCUT2D eigenvalue weighted by Crippen LogP contribution is -2.52. The van der Waals surface area contributed by atoms with Crippen LogP contribution >= 0.6 is 23.2 Å². The molecule has 1 aromatic rings. The lowest BCUT2D eigenvalue weighted by Gasteiger charge is -2.35. The summed E-state index contributed by atoms with van der Waals surface area (Å²) in [4.78, 5) is 26.6. The number of benzene rings is 1. The van der Waals surface area contributed by atoms with E-state index in [2.05, 4.69) is 5.32 Å². The average molecular weight is 462 g/mol. The first kappa shape index (κ1) is 21.9.